The maximum Gasteiger partial charge on any atom is 0.341 e. The lowest BCUT2D eigenvalue weighted by molar-refractivity contribution is -0.139. The van der Waals surface area contributed by atoms with Gasteiger partial charge in [0.15, 0.2) is 6.61 Å². The number of ether oxygens (including phenoxy) is 1. The van der Waals surface area contributed by atoms with Crippen LogP contribution in [0.1, 0.15) is 16.7 Å². The summed E-state index contributed by atoms with van der Waals surface area (Å²) < 4.78 is 5.07. The minimum absolute atomic E-state index is 0.0185. The van der Waals surface area contributed by atoms with Crippen LogP contribution < -0.4 is 10.1 Å². The summed E-state index contributed by atoms with van der Waals surface area (Å²) in [6.45, 7) is 0.168. The number of aliphatic carboxylic acids is 1. The molecule has 0 spiro atoms. The minimum Gasteiger partial charge on any atom is -0.482 e. The van der Waals surface area contributed by atoms with Crippen LogP contribution in [0.5, 0.6) is 5.75 Å². The zero-order valence-electron chi connectivity index (χ0n) is 14.7. The molecular formula is C20H20N2O4S. The predicted octanol–water partition coefficient (Wildman–Crippen LogP) is 2.61. The van der Waals surface area contributed by atoms with Gasteiger partial charge in [-0.1, -0.05) is 24.3 Å². The molecule has 2 aromatic rings. The summed E-state index contributed by atoms with van der Waals surface area (Å²) in [5.74, 6) is 0.567. The van der Waals surface area contributed by atoms with Crippen LogP contribution in [0.25, 0.3) is 0 Å². The van der Waals surface area contributed by atoms with Crippen molar-refractivity contribution < 1.29 is 19.4 Å². The molecule has 0 fully saturated rings. The van der Waals surface area contributed by atoms with E-state index in [1.54, 1.807) is 24.3 Å². The Labute approximate surface area is 162 Å². The molecule has 2 N–H and O–H groups in total. The molecule has 0 aromatic heterocycles. The average molecular weight is 384 g/mol. The third-order valence-corrected chi connectivity index (χ3v) is 4.61. The molecule has 0 atom stereocenters. The van der Waals surface area contributed by atoms with Gasteiger partial charge in [0.2, 0.25) is 5.91 Å². The number of rotatable bonds is 10. The van der Waals surface area contributed by atoms with Crippen LogP contribution in [0.4, 0.5) is 0 Å². The van der Waals surface area contributed by atoms with Crippen LogP contribution in [0.3, 0.4) is 0 Å². The van der Waals surface area contributed by atoms with Gasteiger partial charge in [-0.3, -0.25) is 4.79 Å². The van der Waals surface area contributed by atoms with Gasteiger partial charge in [-0.25, -0.2) is 4.79 Å². The number of carbonyl (C=O) groups is 2. The van der Waals surface area contributed by atoms with E-state index in [0.717, 1.165) is 16.9 Å². The summed E-state index contributed by atoms with van der Waals surface area (Å²) in [5.41, 5.74) is 2.74. The molecule has 27 heavy (non-hydrogen) atoms. The zero-order chi connectivity index (χ0) is 19.5. The summed E-state index contributed by atoms with van der Waals surface area (Å²) in [6, 6.07) is 16.5. The van der Waals surface area contributed by atoms with E-state index in [9.17, 15) is 9.59 Å². The number of carbonyl (C=O) groups excluding carboxylic acids is 1. The third-order valence-electron chi connectivity index (χ3n) is 3.61. The fourth-order valence-corrected chi connectivity index (χ4v) is 3.05. The van der Waals surface area contributed by atoms with Crippen LogP contribution in [0, 0.1) is 11.3 Å². The number of benzene rings is 2. The van der Waals surface area contributed by atoms with E-state index in [1.165, 1.54) is 11.8 Å². The lowest BCUT2D eigenvalue weighted by Gasteiger charge is -2.07. The summed E-state index contributed by atoms with van der Waals surface area (Å²) >= 11 is 1.52. The second-order valence-corrected chi connectivity index (χ2v) is 6.71. The summed E-state index contributed by atoms with van der Waals surface area (Å²) in [4.78, 5) is 22.3. The van der Waals surface area contributed by atoms with Crippen molar-refractivity contribution in [1.82, 2.24) is 5.32 Å². The molecule has 0 aliphatic rings. The Balaban J connectivity index is 1.62. The highest BCUT2D eigenvalue weighted by Crippen LogP contribution is 2.13. The third kappa shape index (κ3) is 7.84. The van der Waals surface area contributed by atoms with Gasteiger partial charge in [-0.05, 0) is 41.8 Å². The molecule has 0 radical (unpaired) electrons. The second kappa shape index (κ2) is 10.9. The number of nitriles is 1. The zero-order valence-corrected chi connectivity index (χ0v) is 15.5. The Bertz CT molecular complexity index is 798. The maximum absolute atomic E-state index is 11.9. The van der Waals surface area contributed by atoms with Crippen molar-refractivity contribution in [2.45, 2.75) is 12.2 Å². The van der Waals surface area contributed by atoms with E-state index in [2.05, 4.69) is 11.4 Å². The average Bonchev–Trinajstić information content (AvgIpc) is 2.68. The number of carboxylic acids is 1. The van der Waals surface area contributed by atoms with E-state index in [-0.39, 0.29) is 12.5 Å². The number of hydrogen-bond acceptors (Lipinski definition) is 5. The number of hydrogen-bond donors (Lipinski definition) is 2. The van der Waals surface area contributed by atoms with Crippen molar-refractivity contribution in [2.24, 2.45) is 0 Å². The summed E-state index contributed by atoms with van der Waals surface area (Å²) in [5, 5.41) is 20.2. The van der Waals surface area contributed by atoms with Gasteiger partial charge in [0.05, 0.1) is 17.4 Å². The molecule has 7 heteroatoms. The van der Waals surface area contributed by atoms with Gasteiger partial charge in [0, 0.05) is 12.3 Å². The maximum atomic E-state index is 11.9. The second-order valence-electron chi connectivity index (χ2n) is 5.73. The first-order valence-corrected chi connectivity index (χ1v) is 9.49. The first-order valence-electron chi connectivity index (χ1n) is 8.34. The minimum atomic E-state index is -1.01. The molecule has 0 saturated heterocycles. The Morgan fingerprint density at radius 1 is 1.07 bits per heavy atom. The van der Waals surface area contributed by atoms with Crippen LogP contribution in [-0.4, -0.2) is 35.9 Å². The summed E-state index contributed by atoms with van der Waals surface area (Å²) in [7, 11) is 0. The quantitative estimate of drug-likeness (QED) is 0.653. The van der Waals surface area contributed by atoms with E-state index in [4.69, 9.17) is 15.1 Å². The van der Waals surface area contributed by atoms with Crippen molar-refractivity contribution in [3.8, 4) is 11.8 Å². The van der Waals surface area contributed by atoms with Crippen LogP contribution in [0.15, 0.2) is 48.5 Å². The van der Waals surface area contributed by atoms with Gasteiger partial charge < -0.3 is 15.2 Å². The number of carboxylic acid groups (broad SMARTS) is 1. The van der Waals surface area contributed by atoms with E-state index >= 15 is 0 Å². The van der Waals surface area contributed by atoms with Gasteiger partial charge in [0.25, 0.3) is 0 Å². The number of amides is 1. The topological polar surface area (TPSA) is 99.4 Å². The predicted molar refractivity (Wildman–Crippen MR) is 104 cm³/mol. The molecule has 0 heterocycles. The van der Waals surface area contributed by atoms with Crippen molar-refractivity contribution in [1.29, 1.82) is 5.26 Å². The standard InChI is InChI=1S/C20H20N2O4S/c21-11-16-1-3-17(4-2-16)13-27-14-19(23)22-10-9-15-5-7-18(8-6-15)26-12-20(24)25/h1-8H,9-10,12-14H2,(H,22,23)(H,24,25). The molecule has 6 nitrogen and oxygen atoms in total. The molecule has 0 saturated carbocycles. The van der Waals surface area contributed by atoms with Gasteiger partial charge >= 0.3 is 5.97 Å². The fraction of sp³-hybridized carbons (Fsp3) is 0.250. The normalized spacial score (nSPS) is 10.0. The van der Waals surface area contributed by atoms with Crippen LogP contribution in [-0.2, 0) is 21.8 Å². The number of thioether (sulfide) groups is 1. The molecule has 0 bridgehead atoms. The highest BCUT2D eigenvalue weighted by Gasteiger charge is 2.03. The monoisotopic (exact) mass is 384 g/mol. The lowest BCUT2D eigenvalue weighted by atomic mass is 10.1. The van der Waals surface area contributed by atoms with E-state index < -0.39 is 5.97 Å². The first kappa shape index (κ1) is 20.3. The Morgan fingerprint density at radius 2 is 1.74 bits per heavy atom. The van der Waals surface area contributed by atoms with Gasteiger partial charge in [-0.2, -0.15) is 5.26 Å². The molecule has 0 aliphatic heterocycles. The highest BCUT2D eigenvalue weighted by atomic mass is 32.2. The van der Waals surface area contributed by atoms with Gasteiger partial charge in [0.1, 0.15) is 5.75 Å². The fourth-order valence-electron chi connectivity index (χ4n) is 2.23. The van der Waals surface area contributed by atoms with Gasteiger partial charge in [-0.15, -0.1) is 11.8 Å². The number of nitrogens with zero attached hydrogens (tertiary/aromatic N) is 1. The Morgan fingerprint density at radius 3 is 2.37 bits per heavy atom. The van der Waals surface area contributed by atoms with E-state index in [0.29, 0.717) is 30.0 Å². The van der Waals surface area contributed by atoms with E-state index in [1.807, 2.05) is 24.3 Å². The SMILES string of the molecule is N#Cc1ccc(CSCC(=O)NCCc2ccc(OCC(=O)O)cc2)cc1. The first-order chi connectivity index (χ1) is 13.1. The Hall–Kier alpha value is -2.98. The number of nitrogens with one attached hydrogen (secondary N) is 1. The largest absolute Gasteiger partial charge is 0.482 e. The van der Waals surface area contributed by atoms with Crippen LogP contribution >= 0.6 is 11.8 Å². The molecule has 2 rings (SSSR count). The Kier molecular flexibility index (Phi) is 8.20. The van der Waals surface area contributed by atoms with Crippen LogP contribution in [0.2, 0.25) is 0 Å². The summed E-state index contributed by atoms with van der Waals surface area (Å²) in [6.07, 6.45) is 0.686. The molecular weight excluding hydrogens is 364 g/mol. The molecule has 1 amide bonds. The lowest BCUT2D eigenvalue weighted by Crippen LogP contribution is -2.27. The highest BCUT2D eigenvalue weighted by molar-refractivity contribution is 7.99. The van der Waals surface area contributed by atoms with Crippen molar-refractivity contribution in [2.75, 3.05) is 18.9 Å². The smallest absolute Gasteiger partial charge is 0.341 e. The van der Waals surface area contributed by atoms with Crippen molar-refractivity contribution in [3.63, 3.8) is 0 Å². The molecule has 2 aromatic carbocycles. The van der Waals surface area contributed by atoms with Crippen molar-refractivity contribution in [3.05, 3.63) is 65.2 Å². The van der Waals surface area contributed by atoms with Crippen molar-refractivity contribution >= 4 is 23.6 Å². The molecule has 140 valence electrons. The molecule has 0 unspecified atom stereocenters. The molecule has 0 aliphatic carbocycles.